The van der Waals surface area contributed by atoms with Crippen LogP contribution in [0.15, 0.2) is 30.6 Å². The van der Waals surface area contributed by atoms with E-state index in [1.807, 2.05) is 42.2 Å². The Kier molecular flexibility index (Phi) is 4.67. The molecule has 0 aliphatic heterocycles. The van der Waals surface area contributed by atoms with Crippen molar-refractivity contribution in [3.8, 4) is 5.75 Å². The van der Waals surface area contributed by atoms with Crippen molar-refractivity contribution in [3.05, 3.63) is 52.8 Å². The van der Waals surface area contributed by atoms with E-state index in [2.05, 4.69) is 41.5 Å². The van der Waals surface area contributed by atoms with Crippen LogP contribution < -0.4 is 0 Å². The lowest BCUT2D eigenvalue weighted by Crippen LogP contribution is -2.18. The number of hydrogen-bond acceptors (Lipinski definition) is 2. The van der Waals surface area contributed by atoms with Gasteiger partial charge in [0.05, 0.1) is 0 Å². The predicted octanol–water partition coefficient (Wildman–Crippen LogP) is 4.75. The molecule has 1 heterocycles. The van der Waals surface area contributed by atoms with Crippen LogP contribution in [-0.4, -0.2) is 15.5 Å². The lowest BCUT2D eigenvalue weighted by Gasteiger charge is -2.28. The fourth-order valence-corrected chi connectivity index (χ4v) is 2.90. The van der Waals surface area contributed by atoms with Crippen molar-refractivity contribution in [2.24, 2.45) is 7.05 Å². The molecule has 0 bridgehead atoms. The van der Waals surface area contributed by atoms with Crippen LogP contribution in [0.5, 0.6) is 5.75 Å². The SMILES string of the molecule is Cn1ccc(C(=O)Cc2cc(C(C)(C)C)c(O)c(C(C)(C)C)c2)c1. The molecule has 0 unspecified atom stereocenters. The van der Waals surface area contributed by atoms with Gasteiger partial charge in [0.1, 0.15) is 5.75 Å². The first-order valence-electron chi connectivity index (χ1n) is 8.41. The number of carbonyl (C=O) groups excluding carboxylic acids is 1. The van der Waals surface area contributed by atoms with Gasteiger partial charge in [-0.2, -0.15) is 0 Å². The van der Waals surface area contributed by atoms with E-state index < -0.39 is 0 Å². The first-order chi connectivity index (χ1) is 10.9. The molecule has 3 nitrogen and oxygen atoms in total. The summed E-state index contributed by atoms with van der Waals surface area (Å²) in [5, 5.41) is 10.8. The number of aromatic nitrogens is 1. The van der Waals surface area contributed by atoms with Crippen LogP contribution in [0.25, 0.3) is 0 Å². The Morgan fingerprint density at radius 3 is 1.92 bits per heavy atom. The Bertz CT molecular complexity index is 720. The molecule has 0 saturated carbocycles. The minimum atomic E-state index is -0.185. The summed E-state index contributed by atoms with van der Waals surface area (Å²) in [4.78, 5) is 12.6. The monoisotopic (exact) mass is 327 g/mol. The highest BCUT2D eigenvalue weighted by Crippen LogP contribution is 2.39. The van der Waals surface area contributed by atoms with Gasteiger partial charge in [-0.1, -0.05) is 53.7 Å². The highest BCUT2D eigenvalue weighted by atomic mass is 16.3. The lowest BCUT2D eigenvalue weighted by molar-refractivity contribution is 0.0993. The van der Waals surface area contributed by atoms with Gasteiger partial charge in [-0.25, -0.2) is 0 Å². The lowest BCUT2D eigenvalue weighted by atomic mass is 9.78. The summed E-state index contributed by atoms with van der Waals surface area (Å²) in [5.74, 6) is 0.451. The molecular weight excluding hydrogens is 298 g/mol. The van der Waals surface area contributed by atoms with Crippen LogP contribution in [0.1, 0.15) is 68.6 Å². The molecule has 0 radical (unpaired) electrons. The average Bonchev–Trinajstić information content (AvgIpc) is 2.84. The van der Waals surface area contributed by atoms with E-state index in [0.717, 1.165) is 22.3 Å². The highest BCUT2D eigenvalue weighted by molar-refractivity contribution is 5.97. The predicted molar refractivity (Wildman–Crippen MR) is 99.0 cm³/mol. The summed E-state index contributed by atoms with van der Waals surface area (Å²) >= 11 is 0. The van der Waals surface area contributed by atoms with Gasteiger partial charge in [0, 0.05) is 31.4 Å². The Morgan fingerprint density at radius 2 is 1.54 bits per heavy atom. The molecule has 0 aliphatic rings. The third-order valence-corrected chi connectivity index (χ3v) is 4.30. The number of aryl methyl sites for hydroxylation is 1. The standard InChI is InChI=1S/C21H29NO2/c1-20(2,3)16-10-14(11-17(19(16)24)21(4,5)6)12-18(23)15-8-9-22(7)13-15/h8-11,13,24H,12H2,1-7H3. The Hall–Kier alpha value is -2.03. The van der Waals surface area contributed by atoms with Crippen molar-refractivity contribution >= 4 is 5.78 Å². The second-order valence-corrected chi connectivity index (χ2v) is 8.71. The molecule has 2 aromatic rings. The minimum absolute atomic E-state index is 0.0982. The molecule has 1 N–H and O–H groups in total. The van der Waals surface area contributed by atoms with Crippen molar-refractivity contribution in [2.45, 2.75) is 58.8 Å². The molecular formula is C21H29NO2. The number of Topliss-reactive ketones (excluding diaryl/α,β-unsaturated/α-hetero) is 1. The van der Waals surface area contributed by atoms with Gasteiger partial charge in [-0.15, -0.1) is 0 Å². The number of phenols is 1. The topological polar surface area (TPSA) is 42.2 Å². The maximum absolute atomic E-state index is 12.6. The summed E-state index contributed by atoms with van der Waals surface area (Å²) < 4.78 is 1.88. The van der Waals surface area contributed by atoms with Crippen LogP contribution >= 0.6 is 0 Å². The van der Waals surface area contributed by atoms with Gasteiger partial charge in [0.25, 0.3) is 0 Å². The van der Waals surface area contributed by atoms with Crippen molar-refractivity contribution in [1.82, 2.24) is 4.57 Å². The van der Waals surface area contributed by atoms with Gasteiger partial charge in [-0.3, -0.25) is 4.79 Å². The van der Waals surface area contributed by atoms with Gasteiger partial charge in [0.15, 0.2) is 5.78 Å². The number of aromatic hydroxyl groups is 1. The average molecular weight is 327 g/mol. The van der Waals surface area contributed by atoms with Crippen LogP contribution in [-0.2, 0) is 24.3 Å². The molecule has 0 amide bonds. The van der Waals surface area contributed by atoms with Gasteiger partial charge < -0.3 is 9.67 Å². The molecule has 3 heteroatoms. The van der Waals surface area contributed by atoms with Crippen LogP contribution in [0, 0.1) is 0 Å². The first kappa shape index (κ1) is 18.3. The smallest absolute Gasteiger partial charge is 0.168 e. The van der Waals surface area contributed by atoms with Crippen molar-refractivity contribution in [1.29, 1.82) is 0 Å². The van der Waals surface area contributed by atoms with Crippen LogP contribution in [0.4, 0.5) is 0 Å². The largest absolute Gasteiger partial charge is 0.507 e. The summed E-state index contributed by atoms with van der Waals surface area (Å²) in [6.07, 6.45) is 4.07. The summed E-state index contributed by atoms with van der Waals surface area (Å²) in [5.41, 5.74) is 3.10. The van der Waals surface area contributed by atoms with E-state index in [0.29, 0.717) is 12.2 Å². The molecule has 0 saturated heterocycles. The Labute approximate surface area is 145 Å². The van der Waals surface area contributed by atoms with Crippen molar-refractivity contribution < 1.29 is 9.90 Å². The normalized spacial score (nSPS) is 12.5. The number of nitrogens with zero attached hydrogens (tertiary/aromatic N) is 1. The highest BCUT2D eigenvalue weighted by Gasteiger charge is 2.27. The number of ketones is 1. The van der Waals surface area contributed by atoms with E-state index in [9.17, 15) is 9.90 Å². The maximum Gasteiger partial charge on any atom is 0.168 e. The van der Waals surface area contributed by atoms with E-state index in [1.165, 1.54) is 0 Å². The van der Waals surface area contributed by atoms with E-state index in [4.69, 9.17) is 0 Å². The van der Waals surface area contributed by atoms with Crippen molar-refractivity contribution in [2.75, 3.05) is 0 Å². The zero-order valence-electron chi connectivity index (χ0n) is 15.9. The molecule has 0 aliphatic carbocycles. The maximum atomic E-state index is 12.6. The van der Waals surface area contributed by atoms with Crippen molar-refractivity contribution in [3.63, 3.8) is 0 Å². The minimum Gasteiger partial charge on any atom is -0.507 e. The first-order valence-corrected chi connectivity index (χ1v) is 8.41. The van der Waals surface area contributed by atoms with Gasteiger partial charge in [0.2, 0.25) is 0 Å². The number of hydrogen-bond donors (Lipinski definition) is 1. The quantitative estimate of drug-likeness (QED) is 0.827. The van der Waals surface area contributed by atoms with Gasteiger partial charge >= 0.3 is 0 Å². The second-order valence-electron chi connectivity index (χ2n) is 8.71. The zero-order chi connectivity index (χ0) is 18.3. The van der Waals surface area contributed by atoms with Crippen LogP contribution in [0.3, 0.4) is 0 Å². The Balaban J connectivity index is 2.48. The summed E-state index contributed by atoms with van der Waals surface area (Å²) in [6, 6.07) is 5.80. The van der Waals surface area contributed by atoms with Crippen LogP contribution in [0.2, 0.25) is 0 Å². The Morgan fingerprint density at radius 1 is 1.04 bits per heavy atom. The number of rotatable bonds is 3. The molecule has 1 aromatic carbocycles. The van der Waals surface area contributed by atoms with E-state index >= 15 is 0 Å². The summed E-state index contributed by atoms with van der Waals surface area (Å²) in [6.45, 7) is 12.5. The fourth-order valence-electron chi connectivity index (χ4n) is 2.90. The van der Waals surface area contributed by atoms with Gasteiger partial charge in [-0.05, 0) is 33.6 Å². The fraction of sp³-hybridized carbons (Fsp3) is 0.476. The second kappa shape index (κ2) is 6.12. The molecule has 0 fully saturated rings. The third kappa shape index (κ3) is 3.89. The zero-order valence-corrected chi connectivity index (χ0v) is 15.9. The number of carbonyl (C=O) groups is 1. The number of phenolic OH excluding ortho intramolecular Hbond substituents is 1. The third-order valence-electron chi connectivity index (χ3n) is 4.30. The molecule has 1 aromatic heterocycles. The molecule has 0 atom stereocenters. The van der Waals surface area contributed by atoms with E-state index in [1.54, 1.807) is 0 Å². The molecule has 0 spiro atoms. The molecule has 24 heavy (non-hydrogen) atoms. The molecule has 2 rings (SSSR count). The summed E-state index contributed by atoms with van der Waals surface area (Å²) in [7, 11) is 1.91. The van der Waals surface area contributed by atoms with E-state index in [-0.39, 0.29) is 16.6 Å². The molecule has 130 valence electrons. The number of benzene rings is 1.